The van der Waals surface area contributed by atoms with Crippen LogP contribution in [0, 0.1) is 12.8 Å². The molecule has 1 aromatic heterocycles. The van der Waals surface area contributed by atoms with Gasteiger partial charge < -0.3 is 15.8 Å². The minimum atomic E-state index is 0.120. The second-order valence-electron chi connectivity index (χ2n) is 5.66. The second kappa shape index (κ2) is 6.19. The number of hydrogen-bond donors (Lipinski definition) is 2. The molecule has 0 saturated heterocycles. The lowest BCUT2D eigenvalue weighted by atomic mass is 10.1. The summed E-state index contributed by atoms with van der Waals surface area (Å²) in [6.07, 6.45) is 3.53. The minimum absolute atomic E-state index is 0.120. The summed E-state index contributed by atoms with van der Waals surface area (Å²) in [4.78, 5) is 8.77. The van der Waals surface area contributed by atoms with E-state index in [4.69, 9.17) is 10.5 Å². The van der Waals surface area contributed by atoms with Crippen LogP contribution in [0.4, 0.5) is 5.95 Å². The van der Waals surface area contributed by atoms with Crippen LogP contribution in [0.3, 0.4) is 0 Å². The zero-order valence-electron chi connectivity index (χ0n) is 12.0. The van der Waals surface area contributed by atoms with Gasteiger partial charge in [-0.15, -0.1) is 0 Å². The molecule has 2 rings (SSSR count). The molecule has 1 aliphatic carbocycles. The Morgan fingerprint density at radius 2 is 2.21 bits per heavy atom. The fourth-order valence-corrected chi connectivity index (χ4v) is 2.46. The summed E-state index contributed by atoms with van der Waals surface area (Å²) in [6, 6.07) is 2.22. The van der Waals surface area contributed by atoms with Crippen molar-refractivity contribution in [1.29, 1.82) is 0 Å². The van der Waals surface area contributed by atoms with E-state index in [1.54, 1.807) is 0 Å². The Morgan fingerprint density at radius 3 is 2.84 bits per heavy atom. The molecule has 0 aromatic carbocycles. The van der Waals surface area contributed by atoms with Crippen molar-refractivity contribution in [2.24, 2.45) is 11.7 Å². The molecule has 1 aromatic rings. The summed E-state index contributed by atoms with van der Waals surface area (Å²) >= 11 is 0. The zero-order chi connectivity index (χ0) is 13.8. The number of nitrogens with zero attached hydrogens (tertiary/aromatic N) is 2. The fraction of sp³-hybridized carbons (Fsp3) is 0.714. The maximum atomic E-state index is 5.92. The highest BCUT2D eigenvalue weighted by molar-refractivity contribution is 5.30. The summed E-state index contributed by atoms with van der Waals surface area (Å²) in [7, 11) is 0. The van der Waals surface area contributed by atoms with Crippen molar-refractivity contribution in [3.63, 3.8) is 0 Å². The van der Waals surface area contributed by atoms with Gasteiger partial charge in [-0.1, -0.05) is 0 Å². The van der Waals surface area contributed by atoms with Crippen LogP contribution in [0.2, 0.25) is 0 Å². The van der Waals surface area contributed by atoms with Gasteiger partial charge in [-0.3, -0.25) is 0 Å². The van der Waals surface area contributed by atoms with Crippen LogP contribution in [0.5, 0.6) is 5.88 Å². The summed E-state index contributed by atoms with van der Waals surface area (Å²) < 4.78 is 5.61. The molecule has 2 unspecified atom stereocenters. The van der Waals surface area contributed by atoms with Gasteiger partial charge in [-0.25, -0.2) is 4.98 Å². The van der Waals surface area contributed by atoms with Crippen LogP contribution < -0.4 is 15.8 Å². The first kappa shape index (κ1) is 14.1. The Labute approximate surface area is 115 Å². The predicted octanol–water partition coefficient (Wildman–Crippen LogP) is 2.11. The lowest BCUT2D eigenvalue weighted by Crippen LogP contribution is -2.18. The summed E-state index contributed by atoms with van der Waals surface area (Å²) in [5.74, 6) is 1.91. The molecule has 1 heterocycles. The third-order valence-electron chi connectivity index (χ3n) is 3.32. The Hall–Kier alpha value is -1.36. The number of anilines is 1. The van der Waals surface area contributed by atoms with Crippen molar-refractivity contribution in [3.8, 4) is 5.88 Å². The van der Waals surface area contributed by atoms with Crippen molar-refractivity contribution in [1.82, 2.24) is 9.97 Å². The zero-order valence-corrected chi connectivity index (χ0v) is 12.0. The molecule has 1 fully saturated rings. The van der Waals surface area contributed by atoms with Gasteiger partial charge in [-0.05, 0) is 46.0 Å². The molecular weight excluding hydrogens is 240 g/mol. The first-order valence-electron chi connectivity index (χ1n) is 7.04. The van der Waals surface area contributed by atoms with Crippen LogP contribution in [-0.2, 0) is 0 Å². The molecule has 0 amide bonds. The van der Waals surface area contributed by atoms with E-state index in [-0.39, 0.29) is 6.10 Å². The van der Waals surface area contributed by atoms with E-state index in [0.29, 0.717) is 23.8 Å². The number of nitrogens with two attached hydrogens (primary N) is 1. The van der Waals surface area contributed by atoms with Gasteiger partial charge in [0.2, 0.25) is 11.8 Å². The SMILES string of the molecule is Cc1cc(OC(C)C)nc(NCC2CCC(N)C2)n1. The number of nitrogens with one attached hydrogen (secondary N) is 1. The Balaban J connectivity index is 1.94. The Kier molecular flexibility index (Phi) is 4.58. The average molecular weight is 264 g/mol. The van der Waals surface area contributed by atoms with Crippen LogP contribution in [-0.4, -0.2) is 28.7 Å². The van der Waals surface area contributed by atoms with Gasteiger partial charge in [0.25, 0.3) is 0 Å². The highest BCUT2D eigenvalue weighted by atomic mass is 16.5. The van der Waals surface area contributed by atoms with E-state index in [0.717, 1.165) is 25.1 Å². The van der Waals surface area contributed by atoms with Gasteiger partial charge in [0, 0.05) is 24.3 Å². The Morgan fingerprint density at radius 1 is 1.42 bits per heavy atom. The molecule has 0 radical (unpaired) electrons. The van der Waals surface area contributed by atoms with E-state index in [9.17, 15) is 0 Å². The smallest absolute Gasteiger partial charge is 0.226 e. The van der Waals surface area contributed by atoms with E-state index >= 15 is 0 Å². The maximum absolute atomic E-state index is 5.92. The highest BCUT2D eigenvalue weighted by Crippen LogP contribution is 2.24. The molecular formula is C14H24N4O. The van der Waals surface area contributed by atoms with E-state index in [1.165, 1.54) is 6.42 Å². The molecule has 1 aliphatic rings. The molecule has 5 nitrogen and oxygen atoms in total. The normalized spacial score (nSPS) is 22.8. The largest absolute Gasteiger partial charge is 0.475 e. The Bertz CT molecular complexity index is 422. The fourth-order valence-electron chi connectivity index (χ4n) is 2.46. The van der Waals surface area contributed by atoms with Crippen molar-refractivity contribution >= 4 is 5.95 Å². The molecule has 0 aliphatic heterocycles. The number of rotatable bonds is 5. The van der Waals surface area contributed by atoms with Crippen LogP contribution in [0.25, 0.3) is 0 Å². The van der Waals surface area contributed by atoms with Gasteiger partial charge in [0.1, 0.15) is 0 Å². The maximum Gasteiger partial charge on any atom is 0.226 e. The van der Waals surface area contributed by atoms with Crippen molar-refractivity contribution < 1.29 is 4.74 Å². The van der Waals surface area contributed by atoms with Gasteiger partial charge in [-0.2, -0.15) is 4.98 Å². The van der Waals surface area contributed by atoms with Crippen molar-refractivity contribution in [2.75, 3.05) is 11.9 Å². The third kappa shape index (κ3) is 4.35. The molecule has 2 atom stereocenters. The quantitative estimate of drug-likeness (QED) is 0.852. The molecule has 19 heavy (non-hydrogen) atoms. The van der Waals surface area contributed by atoms with E-state index < -0.39 is 0 Å². The van der Waals surface area contributed by atoms with E-state index in [2.05, 4.69) is 15.3 Å². The second-order valence-corrected chi connectivity index (χ2v) is 5.66. The van der Waals surface area contributed by atoms with Gasteiger partial charge in [0.05, 0.1) is 6.10 Å². The average Bonchev–Trinajstić information content (AvgIpc) is 2.71. The molecule has 106 valence electrons. The van der Waals surface area contributed by atoms with Crippen LogP contribution in [0.15, 0.2) is 6.07 Å². The van der Waals surface area contributed by atoms with Crippen molar-refractivity contribution in [3.05, 3.63) is 11.8 Å². The number of aryl methyl sites for hydroxylation is 1. The van der Waals surface area contributed by atoms with Crippen LogP contribution >= 0.6 is 0 Å². The summed E-state index contributed by atoms with van der Waals surface area (Å²) in [5.41, 5.74) is 6.83. The molecule has 5 heteroatoms. The topological polar surface area (TPSA) is 73.1 Å². The first-order valence-corrected chi connectivity index (χ1v) is 7.04. The molecule has 3 N–H and O–H groups in total. The van der Waals surface area contributed by atoms with Crippen molar-refractivity contribution in [2.45, 2.75) is 52.2 Å². The minimum Gasteiger partial charge on any atom is -0.475 e. The number of hydrogen-bond acceptors (Lipinski definition) is 5. The predicted molar refractivity (Wildman–Crippen MR) is 76.3 cm³/mol. The first-order chi connectivity index (χ1) is 9.02. The number of aromatic nitrogens is 2. The molecule has 1 saturated carbocycles. The van der Waals surface area contributed by atoms with E-state index in [1.807, 2.05) is 26.8 Å². The monoisotopic (exact) mass is 264 g/mol. The van der Waals surface area contributed by atoms with Crippen LogP contribution in [0.1, 0.15) is 38.8 Å². The summed E-state index contributed by atoms with van der Waals surface area (Å²) in [6.45, 7) is 6.82. The lowest BCUT2D eigenvalue weighted by molar-refractivity contribution is 0.232. The standard InChI is InChI=1S/C14H24N4O/c1-9(2)19-13-6-10(3)17-14(18-13)16-8-11-4-5-12(15)7-11/h6,9,11-12H,4-5,7-8,15H2,1-3H3,(H,16,17,18). The lowest BCUT2D eigenvalue weighted by Gasteiger charge is -2.13. The third-order valence-corrected chi connectivity index (χ3v) is 3.32. The van der Waals surface area contributed by atoms with Gasteiger partial charge in [0.15, 0.2) is 0 Å². The highest BCUT2D eigenvalue weighted by Gasteiger charge is 2.21. The van der Waals surface area contributed by atoms with Gasteiger partial charge >= 0.3 is 0 Å². The summed E-state index contributed by atoms with van der Waals surface area (Å²) in [5, 5.41) is 3.30. The molecule has 0 spiro atoms. The molecule has 0 bridgehead atoms. The number of ether oxygens (including phenoxy) is 1.